The number of carboxylic acid groups (broad SMARTS) is 1. The summed E-state index contributed by atoms with van der Waals surface area (Å²) in [6.45, 7) is 0. The van der Waals surface area contributed by atoms with Gasteiger partial charge in [-0.15, -0.1) is 11.3 Å². The molecule has 1 fully saturated rings. The van der Waals surface area contributed by atoms with Crippen LogP contribution in [0.1, 0.15) is 18.9 Å². The van der Waals surface area contributed by atoms with Gasteiger partial charge >= 0.3 is 5.97 Å². The molecule has 5 nitrogen and oxygen atoms in total. The molecule has 0 radical (unpaired) electrons. The molecule has 0 bridgehead atoms. The first-order valence-corrected chi connectivity index (χ1v) is 9.61. The van der Waals surface area contributed by atoms with Crippen molar-refractivity contribution in [2.75, 3.05) is 17.3 Å². The number of hydrogen-bond donors (Lipinski definition) is 1. The molecule has 8 heteroatoms. The highest BCUT2D eigenvalue weighted by Crippen LogP contribution is 2.30. The third-order valence-electron chi connectivity index (χ3n) is 3.32. The largest absolute Gasteiger partial charge is 0.481 e. The molecule has 0 saturated carbocycles. The molecular weight excluding hydrogens is 328 g/mol. The van der Waals surface area contributed by atoms with Crippen LogP contribution >= 0.6 is 34.9 Å². The molecule has 3 heterocycles. The van der Waals surface area contributed by atoms with Gasteiger partial charge in [0.15, 0.2) is 5.16 Å². The Labute approximate surface area is 133 Å². The Morgan fingerprint density at radius 2 is 2.43 bits per heavy atom. The molecule has 1 saturated heterocycles. The number of thiophene rings is 1. The Morgan fingerprint density at radius 3 is 3.14 bits per heavy atom. The number of hydrogen-bond acceptors (Lipinski definition) is 6. The minimum atomic E-state index is -0.898. The van der Waals surface area contributed by atoms with E-state index < -0.39 is 5.97 Å². The summed E-state index contributed by atoms with van der Waals surface area (Å²) in [6, 6.07) is 1.91. The molecule has 3 rings (SSSR count). The van der Waals surface area contributed by atoms with Crippen LogP contribution in [0, 0.1) is 0 Å². The molecule has 1 unspecified atom stereocenters. The summed E-state index contributed by atoms with van der Waals surface area (Å²) in [4.78, 5) is 28.7. The van der Waals surface area contributed by atoms with Crippen LogP contribution in [0.2, 0.25) is 0 Å². The fourth-order valence-electron chi connectivity index (χ4n) is 2.39. The molecule has 112 valence electrons. The van der Waals surface area contributed by atoms with Crippen molar-refractivity contribution in [3.63, 3.8) is 0 Å². The number of aliphatic carboxylic acids is 1. The van der Waals surface area contributed by atoms with E-state index in [1.54, 1.807) is 10.6 Å². The van der Waals surface area contributed by atoms with Gasteiger partial charge in [0.1, 0.15) is 4.83 Å². The van der Waals surface area contributed by atoms with Crippen molar-refractivity contribution >= 4 is 51.0 Å². The highest BCUT2D eigenvalue weighted by molar-refractivity contribution is 8.00. The molecule has 0 aliphatic carbocycles. The van der Waals surface area contributed by atoms with Crippen LogP contribution in [0.4, 0.5) is 0 Å². The predicted octanol–water partition coefficient (Wildman–Crippen LogP) is 2.70. The van der Waals surface area contributed by atoms with E-state index in [9.17, 15) is 9.59 Å². The summed E-state index contributed by atoms with van der Waals surface area (Å²) in [7, 11) is 0. The maximum atomic E-state index is 12.7. The second-order valence-electron chi connectivity index (χ2n) is 4.76. The quantitative estimate of drug-likeness (QED) is 0.680. The zero-order valence-electron chi connectivity index (χ0n) is 11.2. The number of carboxylic acids is 1. The summed E-state index contributed by atoms with van der Waals surface area (Å²) < 4.78 is 1.72. The molecule has 1 aliphatic rings. The van der Waals surface area contributed by atoms with Crippen molar-refractivity contribution in [2.24, 2.45) is 0 Å². The number of aromatic nitrogens is 2. The second kappa shape index (κ2) is 6.41. The Kier molecular flexibility index (Phi) is 4.56. The van der Waals surface area contributed by atoms with E-state index in [1.165, 1.54) is 11.3 Å². The minimum absolute atomic E-state index is 0.0401. The van der Waals surface area contributed by atoms with E-state index in [0.29, 0.717) is 15.4 Å². The summed E-state index contributed by atoms with van der Waals surface area (Å²) in [5.74, 6) is 1.03. The third-order valence-corrected chi connectivity index (χ3v) is 6.27. The first kappa shape index (κ1) is 14.9. The van der Waals surface area contributed by atoms with Gasteiger partial charge in [0.2, 0.25) is 0 Å². The van der Waals surface area contributed by atoms with Gasteiger partial charge < -0.3 is 5.11 Å². The monoisotopic (exact) mass is 342 g/mol. The van der Waals surface area contributed by atoms with Gasteiger partial charge in [-0.25, -0.2) is 4.98 Å². The summed E-state index contributed by atoms with van der Waals surface area (Å²) in [5, 5.41) is 11.9. The molecule has 0 aromatic carbocycles. The first-order valence-electron chi connectivity index (χ1n) is 6.59. The van der Waals surface area contributed by atoms with Gasteiger partial charge in [0.25, 0.3) is 5.56 Å². The Hall–Kier alpha value is -0.990. The van der Waals surface area contributed by atoms with Crippen molar-refractivity contribution in [1.29, 1.82) is 0 Å². The molecule has 1 atom stereocenters. The topological polar surface area (TPSA) is 72.2 Å². The average Bonchev–Trinajstić information content (AvgIpc) is 2.95. The van der Waals surface area contributed by atoms with Gasteiger partial charge in [0, 0.05) is 11.8 Å². The Bertz CT molecular complexity index is 719. The minimum Gasteiger partial charge on any atom is -0.481 e. The molecule has 1 N–H and O–H groups in total. The highest BCUT2D eigenvalue weighted by Gasteiger charge is 2.22. The SMILES string of the molecule is O=C(O)CSc1nc2sccc2c(=O)n1C1CCCSC1. The number of rotatable bonds is 4. The smallest absolute Gasteiger partial charge is 0.313 e. The lowest BCUT2D eigenvalue weighted by Gasteiger charge is -2.25. The number of fused-ring (bicyclic) bond motifs is 1. The van der Waals surface area contributed by atoms with E-state index in [1.807, 2.05) is 17.1 Å². The molecule has 0 amide bonds. The van der Waals surface area contributed by atoms with E-state index in [-0.39, 0.29) is 17.4 Å². The van der Waals surface area contributed by atoms with Gasteiger partial charge in [-0.2, -0.15) is 11.8 Å². The van der Waals surface area contributed by atoms with Crippen LogP contribution in [0.5, 0.6) is 0 Å². The van der Waals surface area contributed by atoms with Crippen LogP contribution in [0.15, 0.2) is 21.4 Å². The number of carbonyl (C=O) groups is 1. The van der Waals surface area contributed by atoms with Gasteiger partial charge in [-0.05, 0) is 30.0 Å². The molecule has 0 spiro atoms. The second-order valence-corrected chi connectivity index (χ2v) is 7.75. The van der Waals surface area contributed by atoms with Crippen LogP contribution in [-0.4, -0.2) is 37.9 Å². The van der Waals surface area contributed by atoms with Gasteiger partial charge in [-0.3, -0.25) is 14.2 Å². The maximum Gasteiger partial charge on any atom is 0.313 e. The first-order chi connectivity index (χ1) is 10.2. The van der Waals surface area contributed by atoms with Crippen LogP contribution < -0.4 is 5.56 Å². The number of nitrogens with zero attached hydrogens (tertiary/aromatic N) is 2. The van der Waals surface area contributed by atoms with Crippen molar-refractivity contribution in [3.8, 4) is 0 Å². The normalized spacial score (nSPS) is 19.0. The van der Waals surface area contributed by atoms with Crippen LogP contribution in [0.25, 0.3) is 10.2 Å². The standard InChI is InChI=1S/C13H14N2O3S3/c16-10(17)7-21-13-14-11-9(3-5-20-11)12(18)15(13)8-2-1-4-19-6-8/h3,5,8H,1-2,4,6-7H2,(H,16,17). The molecule has 21 heavy (non-hydrogen) atoms. The Morgan fingerprint density at radius 1 is 1.57 bits per heavy atom. The van der Waals surface area contributed by atoms with E-state index in [2.05, 4.69) is 4.98 Å². The summed E-state index contributed by atoms with van der Waals surface area (Å²) in [6.07, 6.45) is 2.03. The molecular formula is C13H14N2O3S3. The fourth-order valence-corrected chi connectivity index (χ4v) is 5.10. The van der Waals surface area contributed by atoms with Gasteiger partial charge in [-0.1, -0.05) is 11.8 Å². The maximum absolute atomic E-state index is 12.7. The Balaban J connectivity index is 2.08. The predicted molar refractivity (Wildman–Crippen MR) is 87.8 cm³/mol. The summed E-state index contributed by atoms with van der Waals surface area (Å²) in [5.41, 5.74) is -0.0401. The fraction of sp³-hybridized carbons (Fsp3) is 0.462. The van der Waals surface area contributed by atoms with E-state index in [0.717, 1.165) is 36.1 Å². The lowest BCUT2D eigenvalue weighted by atomic mass is 10.2. The van der Waals surface area contributed by atoms with Crippen molar-refractivity contribution in [1.82, 2.24) is 9.55 Å². The number of thioether (sulfide) groups is 2. The third kappa shape index (κ3) is 3.12. The lowest BCUT2D eigenvalue weighted by molar-refractivity contribution is -0.133. The molecule has 2 aromatic heterocycles. The van der Waals surface area contributed by atoms with Crippen LogP contribution in [-0.2, 0) is 4.79 Å². The summed E-state index contributed by atoms with van der Waals surface area (Å²) >= 11 is 4.38. The van der Waals surface area contributed by atoms with Crippen molar-refractivity contribution in [3.05, 3.63) is 21.8 Å². The zero-order valence-corrected chi connectivity index (χ0v) is 13.6. The lowest BCUT2D eigenvalue weighted by Crippen LogP contribution is -2.30. The van der Waals surface area contributed by atoms with Crippen molar-refractivity contribution < 1.29 is 9.90 Å². The molecule has 1 aliphatic heterocycles. The van der Waals surface area contributed by atoms with Crippen molar-refractivity contribution in [2.45, 2.75) is 24.0 Å². The van der Waals surface area contributed by atoms with Gasteiger partial charge in [0.05, 0.1) is 11.1 Å². The average molecular weight is 342 g/mol. The van der Waals surface area contributed by atoms with E-state index >= 15 is 0 Å². The van der Waals surface area contributed by atoms with E-state index in [4.69, 9.17) is 5.11 Å². The van der Waals surface area contributed by atoms with Crippen LogP contribution in [0.3, 0.4) is 0 Å². The molecule has 2 aromatic rings. The highest BCUT2D eigenvalue weighted by atomic mass is 32.2. The zero-order chi connectivity index (χ0) is 14.8.